The molecule has 0 saturated heterocycles. The lowest BCUT2D eigenvalue weighted by Crippen LogP contribution is -2.46. The predicted molar refractivity (Wildman–Crippen MR) is 56.2 cm³/mol. The lowest BCUT2D eigenvalue weighted by molar-refractivity contribution is -0.183. The van der Waals surface area contributed by atoms with Crippen molar-refractivity contribution in [2.45, 2.75) is 33.7 Å². The van der Waals surface area contributed by atoms with Crippen molar-refractivity contribution < 1.29 is 14.8 Å². The summed E-state index contributed by atoms with van der Waals surface area (Å²) in [6.07, 6.45) is 0. The first kappa shape index (κ1) is 13.2. The van der Waals surface area contributed by atoms with Crippen molar-refractivity contribution in [2.75, 3.05) is 0 Å². The van der Waals surface area contributed by atoms with E-state index in [4.69, 9.17) is 0 Å². The third-order valence-corrected chi connectivity index (χ3v) is 2.17. The molecule has 80 valence electrons. The summed E-state index contributed by atoms with van der Waals surface area (Å²) in [4.78, 5) is 22.9. The number of Topliss-reactive ketones (excluding diaryl/α,β-unsaturated/α-hetero) is 1. The van der Waals surface area contributed by atoms with Gasteiger partial charge in [0.2, 0.25) is 0 Å². The summed E-state index contributed by atoms with van der Waals surface area (Å²) < 4.78 is 0. The lowest BCUT2D eigenvalue weighted by Gasteiger charge is -2.27. The van der Waals surface area contributed by atoms with Crippen molar-refractivity contribution in [2.24, 2.45) is 5.41 Å². The first-order valence-corrected chi connectivity index (χ1v) is 4.74. The van der Waals surface area contributed by atoms with E-state index in [1.54, 1.807) is 13.8 Å². The van der Waals surface area contributed by atoms with E-state index in [-0.39, 0.29) is 6.04 Å². The van der Waals surface area contributed by atoms with E-state index in [0.29, 0.717) is 5.06 Å². The largest absolute Gasteiger partial charge is 0.293 e. The molecule has 0 aliphatic rings. The number of carbonyl (C=O) groups excluding carboxylic acids is 2. The normalized spacial score (nSPS) is 11.3. The minimum atomic E-state index is -1.29. The number of thiocarbonyl (C=S) groups is 1. The molecule has 0 radical (unpaired) electrons. The summed E-state index contributed by atoms with van der Waals surface area (Å²) in [5.41, 5.74) is -1.29. The molecule has 5 heteroatoms. The van der Waals surface area contributed by atoms with Gasteiger partial charge < -0.3 is 0 Å². The van der Waals surface area contributed by atoms with Gasteiger partial charge in [-0.15, -0.1) is 0 Å². The average Bonchev–Trinajstić information content (AvgIpc) is 2.13. The second kappa shape index (κ2) is 4.61. The van der Waals surface area contributed by atoms with Gasteiger partial charge in [0.05, 0.1) is 6.04 Å². The first-order chi connectivity index (χ1) is 6.25. The summed E-state index contributed by atoms with van der Waals surface area (Å²) in [6, 6.07) is -0.361. The number of hydroxylamine groups is 2. The molecule has 0 rings (SSSR count). The van der Waals surface area contributed by atoms with Crippen LogP contribution in [0.2, 0.25) is 0 Å². The summed E-state index contributed by atoms with van der Waals surface area (Å²) in [7, 11) is 0. The summed E-state index contributed by atoms with van der Waals surface area (Å²) >= 11 is 4.47. The van der Waals surface area contributed by atoms with E-state index in [9.17, 15) is 14.8 Å². The van der Waals surface area contributed by atoms with Gasteiger partial charge in [-0.2, -0.15) is 0 Å². The third-order valence-electron chi connectivity index (χ3n) is 1.95. The highest BCUT2D eigenvalue weighted by Gasteiger charge is 2.38. The van der Waals surface area contributed by atoms with Crippen molar-refractivity contribution in [3.05, 3.63) is 0 Å². The van der Waals surface area contributed by atoms with Gasteiger partial charge in [-0.05, 0) is 27.7 Å². The van der Waals surface area contributed by atoms with E-state index in [0.717, 1.165) is 5.37 Å². The number of hydrogen-bond donors (Lipinski definition) is 1. The second-order valence-corrected chi connectivity index (χ2v) is 4.09. The minimum Gasteiger partial charge on any atom is -0.293 e. The molecule has 0 aromatic heterocycles. The summed E-state index contributed by atoms with van der Waals surface area (Å²) in [6.45, 7) is 6.17. The Labute approximate surface area is 88.8 Å². The van der Waals surface area contributed by atoms with Crippen LogP contribution in [0.15, 0.2) is 0 Å². The van der Waals surface area contributed by atoms with Crippen LogP contribution < -0.4 is 0 Å². The van der Waals surface area contributed by atoms with Crippen LogP contribution in [0, 0.1) is 5.41 Å². The molecule has 0 spiro atoms. The quantitative estimate of drug-likeness (QED) is 0.333. The lowest BCUT2D eigenvalue weighted by atomic mass is 9.87. The van der Waals surface area contributed by atoms with Crippen molar-refractivity contribution in [3.63, 3.8) is 0 Å². The third kappa shape index (κ3) is 2.59. The monoisotopic (exact) mass is 217 g/mol. The van der Waals surface area contributed by atoms with Crippen LogP contribution in [0.5, 0.6) is 0 Å². The van der Waals surface area contributed by atoms with Gasteiger partial charge in [-0.25, -0.2) is 5.06 Å². The molecule has 0 heterocycles. The van der Waals surface area contributed by atoms with Crippen LogP contribution >= 0.6 is 12.2 Å². The van der Waals surface area contributed by atoms with Gasteiger partial charge in [-0.1, -0.05) is 12.2 Å². The van der Waals surface area contributed by atoms with Crippen LogP contribution in [0.1, 0.15) is 27.7 Å². The molecule has 0 bridgehead atoms. The molecule has 0 saturated carbocycles. The minimum absolute atomic E-state index is 0.361. The Morgan fingerprint density at radius 1 is 1.43 bits per heavy atom. The second-order valence-electron chi connectivity index (χ2n) is 3.85. The van der Waals surface area contributed by atoms with Crippen LogP contribution in [-0.2, 0) is 9.59 Å². The number of hydrogen-bond acceptors (Lipinski definition) is 4. The fourth-order valence-electron chi connectivity index (χ4n) is 0.774. The Hall–Kier alpha value is -0.810. The van der Waals surface area contributed by atoms with Crippen molar-refractivity contribution in [3.8, 4) is 0 Å². The van der Waals surface area contributed by atoms with Gasteiger partial charge in [0.25, 0.3) is 5.91 Å². The van der Waals surface area contributed by atoms with Gasteiger partial charge in [-0.3, -0.25) is 14.8 Å². The molecule has 0 aromatic carbocycles. The maximum Gasteiger partial charge on any atom is 0.259 e. The maximum absolute atomic E-state index is 11.6. The Kier molecular flexibility index (Phi) is 4.35. The number of rotatable bonds is 4. The molecule has 0 aromatic rings. The van der Waals surface area contributed by atoms with E-state index in [1.807, 2.05) is 0 Å². The zero-order valence-electron chi connectivity index (χ0n) is 8.77. The highest BCUT2D eigenvalue weighted by molar-refractivity contribution is 7.80. The number of nitrogens with zero attached hydrogens (tertiary/aromatic N) is 1. The Balaban J connectivity index is 4.83. The molecule has 1 amide bonds. The van der Waals surface area contributed by atoms with E-state index >= 15 is 0 Å². The molecular formula is C9H15NO3S. The Bertz CT molecular complexity index is 261. The fraction of sp³-hybridized carbons (Fsp3) is 0.667. The Morgan fingerprint density at radius 2 is 1.86 bits per heavy atom. The van der Waals surface area contributed by atoms with E-state index in [1.165, 1.54) is 13.8 Å². The van der Waals surface area contributed by atoms with Gasteiger partial charge in [0, 0.05) is 5.37 Å². The predicted octanol–water partition coefficient (Wildman–Crippen LogP) is 1.21. The van der Waals surface area contributed by atoms with Crippen LogP contribution in [0.3, 0.4) is 0 Å². The smallest absolute Gasteiger partial charge is 0.259 e. The van der Waals surface area contributed by atoms with E-state index < -0.39 is 17.1 Å². The summed E-state index contributed by atoms with van der Waals surface area (Å²) in [5, 5.41) is 10.8. The Morgan fingerprint density at radius 3 is 2.14 bits per heavy atom. The molecular weight excluding hydrogens is 202 g/mol. The van der Waals surface area contributed by atoms with Crippen LogP contribution in [0.25, 0.3) is 0 Å². The van der Waals surface area contributed by atoms with Crippen molar-refractivity contribution in [1.29, 1.82) is 0 Å². The zero-order valence-corrected chi connectivity index (χ0v) is 9.59. The standard InChI is InChI=1S/C9H15NO3S/c1-6(2)10(13)8(12)9(3,4)7(11)5-14/h5-6,13H,1-4H3. The first-order valence-electron chi connectivity index (χ1n) is 4.27. The highest BCUT2D eigenvalue weighted by Crippen LogP contribution is 2.20. The van der Waals surface area contributed by atoms with Gasteiger partial charge >= 0.3 is 0 Å². The molecule has 4 nitrogen and oxygen atoms in total. The maximum atomic E-state index is 11.6. The number of amides is 1. The average molecular weight is 217 g/mol. The topological polar surface area (TPSA) is 57.6 Å². The molecule has 1 N–H and O–H groups in total. The van der Waals surface area contributed by atoms with E-state index in [2.05, 4.69) is 12.2 Å². The SMILES string of the molecule is CC(C)N(O)C(=O)C(C)(C)C(=O)C=S. The van der Waals surface area contributed by atoms with Crippen LogP contribution in [0.4, 0.5) is 0 Å². The van der Waals surface area contributed by atoms with Gasteiger partial charge in [0.15, 0.2) is 5.78 Å². The zero-order chi connectivity index (χ0) is 11.5. The number of carbonyl (C=O) groups is 2. The summed E-state index contributed by atoms with van der Waals surface area (Å²) in [5.74, 6) is -1.11. The van der Waals surface area contributed by atoms with Crippen molar-refractivity contribution >= 4 is 29.3 Å². The van der Waals surface area contributed by atoms with Crippen LogP contribution in [-0.4, -0.2) is 33.4 Å². The molecule has 0 atom stereocenters. The molecule has 0 aliphatic heterocycles. The number of ketones is 1. The molecule has 0 aliphatic carbocycles. The molecule has 0 fully saturated rings. The molecule has 14 heavy (non-hydrogen) atoms. The fourth-order valence-corrected chi connectivity index (χ4v) is 1.07. The van der Waals surface area contributed by atoms with Crippen molar-refractivity contribution in [1.82, 2.24) is 5.06 Å². The molecule has 0 unspecified atom stereocenters. The van der Waals surface area contributed by atoms with Gasteiger partial charge in [0.1, 0.15) is 5.41 Å². The highest BCUT2D eigenvalue weighted by atomic mass is 32.1.